The molecule has 31 heavy (non-hydrogen) atoms. The number of nitrogens with zero attached hydrogens (tertiary/aromatic N) is 2. The maximum Gasteiger partial charge on any atom is 0.191 e. The molecule has 2 atom stereocenters. The van der Waals surface area contributed by atoms with Crippen LogP contribution in [-0.4, -0.2) is 62.9 Å². The zero-order valence-electron chi connectivity index (χ0n) is 18.8. The summed E-state index contributed by atoms with van der Waals surface area (Å²) in [6.07, 6.45) is 3.80. The molecule has 6 heteroatoms. The lowest BCUT2D eigenvalue weighted by molar-refractivity contribution is 0.164. The number of guanidine groups is 1. The van der Waals surface area contributed by atoms with Crippen LogP contribution in [0.2, 0.25) is 0 Å². The highest BCUT2D eigenvalue weighted by molar-refractivity contribution is 5.79. The van der Waals surface area contributed by atoms with Crippen LogP contribution in [0.5, 0.6) is 5.75 Å². The second kappa shape index (κ2) is 12.3. The van der Waals surface area contributed by atoms with Crippen molar-refractivity contribution in [3.8, 4) is 5.75 Å². The summed E-state index contributed by atoms with van der Waals surface area (Å²) in [6, 6.07) is 18.8. The van der Waals surface area contributed by atoms with Gasteiger partial charge in [-0.3, -0.25) is 9.89 Å². The fraction of sp³-hybridized carbons (Fsp3) is 0.480. The van der Waals surface area contributed by atoms with Crippen molar-refractivity contribution in [1.82, 2.24) is 15.5 Å². The van der Waals surface area contributed by atoms with Crippen LogP contribution in [0.1, 0.15) is 42.3 Å². The minimum absolute atomic E-state index is 0.0271. The van der Waals surface area contributed by atoms with Crippen LogP contribution in [0, 0.1) is 0 Å². The van der Waals surface area contributed by atoms with Crippen molar-refractivity contribution in [2.45, 2.75) is 31.2 Å². The number of ether oxygens (including phenoxy) is 1. The van der Waals surface area contributed by atoms with Crippen molar-refractivity contribution >= 4 is 5.96 Å². The van der Waals surface area contributed by atoms with E-state index in [2.05, 4.69) is 44.8 Å². The molecule has 3 rings (SSSR count). The van der Waals surface area contributed by atoms with Gasteiger partial charge >= 0.3 is 0 Å². The van der Waals surface area contributed by atoms with Gasteiger partial charge in [0.25, 0.3) is 0 Å². The quantitative estimate of drug-likeness (QED) is 0.426. The smallest absolute Gasteiger partial charge is 0.191 e. The van der Waals surface area contributed by atoms with Crippen molar-refractivity contribution in [2.24, 2.45) is 4.99 Å². The number of methoxy groups -OCH3 is 1. The molecule has 0 radical (unpaired) electrons. The predicted molar refractivity (Wildman–Crippen MR) is 127 cm³/mol. The molecule has 0 aliphatic carbocycles. The molecule has 2 aromatic carbocycles. The highest BCUT2D eigenvalue weighted by atomic mass is 16.5. The van der Waals surface area contributed by atoms with Crippen LogP contribution in [-0.2, 0) is 0 Å². The Morgan fingerprint density at radius 1 is 0.968 bits per heavy atom. The third-order valence-corrected chi connectivity index (χ3v) is 6.03. The van der Waals surface area contributed by atoms with Crippen LogP contribution in [0.3, 0.4) is 0 Å². The largest absolute Gasteiger partial charge is 0.497 e. The van der Waals surface area contributed by atoms with Crippen LogP contribution in [0.15, 0.2) is 59.6 Å². The van der Waals surface area contributed by atoms with E-state index < -0.39 is 0 Å². The Labute approximate surface area is 186 Å². The van der Waals surface area contributed by atoms with Gasteiger partial charge in [-0.05, 0) is 49.2 Å². The Bertz CT molecular complexity index is 789. The highest BCUT2D eigenvalue weighted by Gasteiger charge is 2.23. The third kappa shape index (κ3) is 6.71. The zero-order chi connectivity index (χ0) is 21.9. The molecule has 0 bridgehead atoms. The molecule has 6 nitrogen and oxygen atoms in total. The number of aliphatic hydroxyl groups is 1. The first-order chi connectivity index (χ1) is 15.2. The van der Waals surface area contributed by atoms with Gasteiger partial charge < -0.3 is 20.5 Å². The zero-order valence-corrected chi connectivity index (χ0v) is 18.8. The predicted octanol–water partition coefficient (Wildman–Crippen LogP) is 3.16. The maximum absolute atomic E-state index is 9.83. The van der Waals surface area contributed by atoms with Gasteiger partial charge in [0.05, 0.1) is 19.8 Å². The lowest BCUT2D eigenvalue weighted by Crippen LogP contribution is -2.45. The monoisotopic (exact) mass is 424 g/mol. The van der Waals surface area contributed by atoms with Gasteiger partial charge in [-0.2, -0.15) is 0 Å². The van der Waals surface area contributed by atoms with Gasteiger partial charge in [-0.25, -0.2) is 0 Å². The molecule has 2 unspecified atom stereocenters. The number of piperidine rings is 1. The van der Waals surface area contributed by atoms with Crippen molar-refractivity contribution < 1.29 is 9.84 Å². The first kappa shape index (κ1) is 23.1. The lowest BCUT2D eigenvalue weighted by Gasteiger charge is -2.35. The molecular weight excluding hydrogens is 388 g/mol. The van der Waals surface area contributed by atoms with Gasteiger partial charge in [-0.1, -0.05) is 48.9 Å². The van der Waals surface area contributed by atoms with Crippen molar-refractivity contribution in [2.75, 3.05) is 46.9 Å². The Morgan fingerprint density at radius 2 is 1.65 bits per heavy atom. The number of hydrogen-bond acceptors (Lipinski definition) is 4. The van der Waals surface area contributed by atoms with E-state index in [4.69, 9.17) is 4.74 Å². The van der Waals surface area contributed by atoms with E-state index in [1.54, 1.807) is 14.2 Å². The van der Waals surface area contributed by atoms with Crippen LogP contribution in [0.4, 0.5) is 0 Å². The minimum atomic E-state index is 0.0271. The molecule has 3 N–H and O–H groups in total. The second-order valence-electron chi connectivity index (χ2n) is 8.01. The standard InChI is InChI=1S/C25H36N4O2/c1-26-25(27-17-22(19-30)20-9-5-3-6-10-20)28-18-24(29-15-7-4-8-16-29)21-11-13-23(31-2)14-12-21/h3,5-6,9-14,22,24,30H,4,7-8,15-19H2,1-2H3,(H2,26,27,28). The average Bonchev–Trinajstić information content (AvgIpc) is 2.85. The van der Waals surface area contributed by atoms with E-state index in [1.807, 2.05) is 30.3 Å². The molecule has 0 saturated carbocycles. The van der Waals surface area contributed by atoms with Gasteiger partial charge in [0.2, 0.25) is 0 Å². The summed E-state index contributed by atoms with van der Waals surface area (Å²) < 4.78 is 5.33. The molecule has 2 aromatic rings. The van der Waals surface area contributed by atoms with Crippen molar-refractivity contribution in [1.29, 1.82) is 0 Å². The van der Waals surface area contributed by atoms with E-state index in [0.717, 1.165) is 36.9 Å². The van der Waals surface area contributed by atoms with E-state index in [1.165, 1.54) is 24.8 Å². The molecule has 0 amide bonds. The summed E-state index contributed by atoms with van der Waals surface area (Å²) >= 11 is 0. The van der Waals surface area contributed by atoms with E-state index in [-0.39, 0.29) is 18.6 Å². The summed E-state index contributed by atoms with van der Waals surface area (Å²) in [6.45, 7) is 3.71. The molecule has 0 aromatic heterocycles. The fourth-order valence-electron chi connectivity index (χ4n) is 4.16. The molecule has 168 valence electrons. The van der Waals surface area contributed by atoms with Gasteiger partial charge in [0.15, 0.2) is 5.96 Å². The van der Waals surface area contributed by atoms with Crippen LogP contribution in [0.25, 0.3) is 0 Å². The number of aliphatic imine (C=N–C) groups is 1. The lowest BCUT2D eigenvalue weighted by atomic mass is 10.0. The Hall–Kier alpha value is -2.57. The summed E-state index contributed by atoms with van der Waals surface area (Å²) in [4.78, 5) is 6.96. The number of likely N-dealkylation sites (tertiary alicyclic amines) is 1. The summed E-state index contributed by atoms with van der Waals surface area (Å²) in [5.41, 5.74) is 2.40. The SMILES string of the molecule is CN=C(NCC(CO)c1ccccc1)NCC(c1ccc(OC)cc1)N1CCCCC1. The minimum Gasteiger partial charge on any atom is -0.497 e. The van der Waals surface area contributed by atoms with Gasteiger partial charge in [0, 0.05) is 26.1 Å². The number of rotatable bonds is 9. The molecule has 1 aliphatic heterocycles. The number of benzene rings is 2. The Morgan fingerprint density at radius 3 is 2.26 bits per heavy atom. The van der Waals surface area contributed by atoms with Crippen LogP contribution < -0.4 is 15.4 Å². The highest BCUT2D eigenvalue weighted by Crippen LogP contribution is 2.26. The van der Waals surface area contributed by atoms with Crippen molar-refractivity contribution in [3.63, 3.8) is 0 Å². The molecule has 1 aliphatic rings. The van der Waals surface area contributed by atoms with Crippen molar-refractivity contribution in [3.05, 3.63) is 65.7 Å². The summed E-state index contributed by atoms with van der Waals surface area (Å²) in [7, 11) is 3.48. The topological polar surface area (TPSA) is 69.1 Å². The molecular formula is C25H36N4O2. The normalized spacial score (nSPS) is 17.1. The number of nitrogens with one attached hydrogen (secondary N) is 2. The average molecular weight is 425 g/mol. The maximum atomic E-state index is 9.83. The van der Waals surface area contributed by atoms with E-state index >= 15 is 0 Å². The number of hydrogen-bond donors (Lipinski definition) is 3. The molecule has 0 spiro atoms. The molecule has 1 heterocycles. The van der Waals surface area contributed by atoms with Crippen LogP contribution >= 0.6 is 0 Å². The molecule has 1 saturated heterocycles. The Balaban J connectivity index is 1.62. The summed E-state index contributed by atoms with van der Waals surface area (Å²) in [5, 5.41) is 16.7. The fourth-order valence-corrected chi connectivity index (χ4v) is 4.16. The van der Waals surface area contributed by atoms with Gasteiger partial charge in [0.1, 0.15) is 5.75 Å². The first-order valence-electron chi connectivity index (χ1n) is 11.2. The first-order valence-corrected chi connectivity index (χ1v) is 11.2. The number of aliphatic hydroxyl groups excluding tert-OH is 1. The van der Waals surface area contributed by atoms with E-state index in [0.29, 0.717) is 6.54 Å². The van der Waals surface area contributed by atoms with Gasteiger partial charge in [-0.15, -0.1) is 0 Å². The van der Waals surface area contributed by atoms with E-state index in [9.17, 15) is 5.11 Å². The molecule has 1 fully saturated rings. The Kier molecular flexibility index (Phi) is 9.18. The second-order valence-corrected chi connectivity index (χ2v) is 8.01. The third-order valence-electron chi connectivity index (χ3n) is 6.03. The summed E-state index contributed by atoms with van der Waals surface area (Å²) in [5.74, 6) is 1.66.